The third-order valence-electron chi connectivity index (χ3n) is 6.70. The molecule has 3 aromatic carbocycles. The average molecular weight is 459 g/mol. The SMILES string of the molecule is C[C@@H](C(=O)NC1CCCCC1)N(CCc1ccccc1)C(=O)COc1cccc2ccccc12. The summed E-state index contributed by atoms with van der Waals surface area (Å²) in [5.74, 6) is 0.405. The molecule has 0 saturated heterocycles. The van der Waals surface area contributed by atoms with E-state index >= 15 is 0 Å². The Hall–Kier alpha value is -3.34. The number of carbonyl (C=O) groups is 2. The van der Waals surface area contributed by atoms with E-state index in [0.29, 0.717) is 18.7 Å². The van der Waals surface area contributed by atoms with E-state index in [-0.39, 0.29) is 24.5 Å². The Morgan fingerprint density at radius 3 is 2.44 bits per heavy atom. The number of benzene rings is 3. The van der Waals surface area contributed by atoms with Crippen molar-refractivity contribution in [2.75, 3.05) is 13.2 Å². The van der Waals surface area contributed by atoms with Gasteiger partial charge >= 0.3 is 0 Å². The van der Waals surface area contributed by atoms with Gasteiger partial charge in [0.25, 0.3) is 5.91 Å². The Kier molecular flexibility index (Phi) is 8.18. The highest BCUT2D eigenvalue weighted by atomic mass is 16.5. The molecule has 1 atom stereocenters. The van der Waals surface area contributed by atoms with Crippen LogP contribution in [0.15, 0.2) is 72.8 Å². The van der Waals surface area contributed by atoms with Crippen LogP contribution in [0.3, 0.4) is 0 Å². The molecule has 4 rings (SSSR count). The van der Waals surface area contributed by atoms with Crippen LogP contribution in [-0.2, 0) is 16.0 Å². The van der Waals surface area contributed by atoms with Crippen LogP contribution in [0.2, 0.25) is 0 Å². The van der Waals surface area contributed by atoms with E-state index in [1.807, 2.05) is 79.7 Å². The van der Waals surface area contributed by atoms with Crippen LogP contribution in [0, 0.1) is 0 Å². The van der Waals surface area contributed by atoms with Crippen molar-refractivity contribution >= 4 is 22.6 Å². The van der Waals surface area contributed by atoms with Crippen LogP contribution in [0.4, 0.5) is 0 Å². The number of nitrogens with zero attached hydrogens (tertiary/aromatic N) is 1. The van der Waals surface area contributed by atoms with E-state index in [9.17, 15) is 9.59 Å². The second-order valence-electron chi connectivity index (χ2n) is 9.11. The first-order valence-corrected chi connectivity index (χ1v) is 12.4. The summed E-state index contributed by atoms with van der Waals surface area (Å²) in [5, 5.41) is 5.21. The molecule has 1 saturated carbocycles. The zero-order valence-electron chi connectivity index (χ0n) is 19.9. The van der Waals surface area contributed by atoms with Gasteiger partial charge in [-0.1, -0.05) is 86.0 Å². The molecule has 178 valence electrons. The minimum Gasteiger partial charge on any atom is -0.483 e. The smallest absolute Gasteiger partial charge is 0.261 e. The van der Waals surface area contributed by atoms with E-state index in [2.05, 4.69) is 5.32 Å². The molecule has 2 amide bonds. The molecular formula is C29H34N2O3. The van der Waals surface area contributed by atoms with E-state index in [4.69, 9.17) is 4.74 Å². The minimum atomic E-state index is -0.561. The van der Waals surface area contributed by atoms with Crippen LogP contribution in [-0.4, -0.2) is 41.9 Å². The van der Waals surface area contributed by atoms with Gasteiger partial charge in [-0.3, -0.25) is 9.59 Å². The van der Waals surface area contributed by atoms with E-state index in [1.165, 1.54) is 6.42 Å². The van der Waals surface area contributed by atoms with Gasteiger partial charge in [0, 0.05) is 18.0 Å². The fourth-order valence-corrected chi connectivity index (χ4v) is 4.68. The third-order valence-corrected chi connectivity index (χ3v) is 6.70. The first-order valence-electron chi connectivity index (χ1n) is 12.4. The van der Waals surface area contributed by atoms with Crippen LogP contribution in [0.5, 0.6) is 5.75 Å². The van der Waals surface area contributed by atoms with Crippen molar-refractivity contribution in [1.82, 2.24) is 10.2 Å². The summed E-state index contributed by atoms with van der Waals surface area (Å²) in [6.07, 6.45) is 6.24. The highest BCUT2D eigenvalue weighted by molar-refractivity contribution is 5.90. The summed E-state index contributed by atoms with van der Waals surface area (Å²) in [4.78, 5) is 28.1. The van der Waals surface area contributed by atoms with Gasteiger partial charge in [0.1, 0.15) is 11.8 Å². The Labute approximate surface area is 202 Å². The number of amides is 2. The summed E-state index contributed by atoms with van der Waals surface area (Å²) in [7, 11) is 0. The largest absolute Gasteiger partial charge is 0.483 e. The molecule has 1 aliphatic carbocycles. The van der Waals surface area contributed by atoms with Crippen molar-refractivity contribution in [1.29, 1.82) is 0 Å². The maximum atomic E-state index is 13.3. The summed E-state index contributed by atoms with van der Waals surface area (Å²) in [6.45, 7) is 2.17. The lowest BCUT2D eigenvalue weighted by Gasteiger charge is -2.31. The molecule has 1 aliphatic rings. The monoisotopic (exact) mass is 458 g/mol. The van der Waals surface area contributed by atoms with E-state index in [0.717, 1.165) is 42.0 Å². The maximum absolute atomic E-state index is 13.3. The van der Waals surface area contributed by atoms with Gasteiger partial charge in [0.15, 0.2) is 6.61 Å². The fraction of sp³-hybridized carbons (Fsp3) is 0.379. The van der Waals surface area contributed by atoms with Crippen molar-refractivity contribution in [2.45, 2.75) is 57.5 Å². The van der Waals surface area contributed by atoms with Gasteiger partial charge in [0.05, 0.1) is 0 Å². The molecule has 1 fully saturated rings. The Balaban J connectivity index is 1.45. The second-order valence-corrected chi connectivity index (χ2v) is 9.11. The van der Waals surface area contributed by atoms with Crippen LogP contribution < -0.4 is 10.1 Å². The average Bonchev–Trinajstić information content (AvgIpc) is 2.88. The van der Waals surface area contributed by atoms with Crippen LogP contribution in [0.1, 0.15) is 44.6 Å². The predicted molar refractivity (Wildman–Crippen MR) is 136 cm³/mol. The molecule has 0 bridgehead atoms. The summed E-state index contributed by atoms with van der Waals surface area (Å²) >= 11 is 0. The highest BCUT2D eigenvalue weighted by Gasteiger charge is 2.28. The van der Waals surface area contributed by atoms with Crippen molar-refractivity contribution in [2.24, 2.45) is 0 Å². The molecule has 1 N–H and O–H groups in total. The first-order chi connectivity index (χ1) is 16.6. The summed E-state index contributed by atoms with van der Waals surface area (Å²) < 4.78 is 5.97. The van der Waals surface area contributed by atoms with E-state index < -0.39 is 6.04 Å². The molecule has 5 heteroatoms. The lowest BCUT2D eigenvalue weighted by Crippen LogP contribution is -2.52. The standard InChI is InChI=1S/C29H34N2O3/c1-22(29(33)30-25-15-6-3-7-16-25)31(20-19-23-11-4-2-5-12-23)28(32)21-34-27-18-10-14-24-13-8-9-17-26(24)27/h2,4-5,8-14,17-18,22,25H,3,6-7,15-16,19-21H2,1H3,(H,30,33)/t22-/m0/s1. The second kappa shape index (κ2) is 11.7. The van der Waals surface area contributed by atoms with Crippen LogP contribution in [0.25, 0.3) is 10.8 Å². The molecule has 0 aliphatic heterocycles. The quantitative estimate of drug-likeness (QED) is 0.484. The van der Waals surface area contributed by atoms with Gasteiger partial charge in [-0.15, -0.1) is 0 Å². The lowest BCUT2D eigenvalue weighted by atomic mass is 9.95. The Morgan fingerprint density at radius 1 is 0.941 bits per heavy atom. The topological polar surface area (TPSA) is 58.6 Å². The number of carbonyl (C=O) groups excluding carboxylic acids is 2. The number of fused-ring (bicyclic) bond motifs is 1. The molecule has 0 aromatic heterocycles. The summed E-state index contributed by atoms with van der Waals surface area (Å²) in [6, 6.07) is 23.5. The number of nitrogens with one attached hydrogen (secondary N) is 1. The summed E-state index contributed by atoms with van der Waals surface area (Å²) in [5.41, 5.74) is 1.13. The molecular weight excluding hydrogens is 424 g/mol. The van der Waals surface area contributed by atoms with Gasteiger partial charge in [-0.25, -0.2) is 0 Å². The zero-order valence-corrected chi connectivity index (χ0v) is 19.9. The van der Waals surface area contributed by atoms with Gasteiger partial charge in [-0.05, 0) is 43.2 Å². The number of hydrogen-bond donors (Lipinski definition) is 1. The first kappa shape index (κ1) is 23.8. The third kappa shape index (κ3) is 6.16. The maximum Gasteiger partial charge on any atom is 0.261 e. The molecule has 0 unspecified atom stereocenters. The van der Waals surface area contributed by atoms with Crippen molar-refractivity contribution in [3.63, 3.8) is 0 Å². The molecule has 3 aromatic rings. The van der Waals surface area contributed by atoms with Gasteiger partial charge < -0.3 is 15.0 Å². The molecule has 34 heavy (non-hydrogen) atoms. The predicted octanol–water partition coefficient (Wildman–Crippen LogP) is 5.13. The molecule has 5 nitrogen and oxygen atoms in total. The van der Waals surface area contributed by atoms with Crippen molar-refractivity contribution in [3.05, 3.63) is 78.4 Å². The lowest BCUT2D eigenvalue weighted by molar-refractivity contribution is -0.141. The van der Waals surface area contributed by atoms with Gasteiger partial charge in [0.2, 0.25) is 5.91 Å². The van der Waals surface area contributed by atoms with Crippen molar-refractivity contribution in [3.8, 4) is 5.75 Å². The van der Waals surface area contributed by atoms with Crippen molar-refractivity contribution < 1.29 is 14.3 Å². The molecule has 0 radical (unpaired) electrons. The minimum absolute atomic E-state index is 0.0847. The number of hydrogen-bond acceptors (Lipinski definition) is 3. The number of rotatable bonds is 9. The Bertz CT molecular complexity index is 1090. The van der Waals surface area contributed by atoms with Crippen LogP contribution >= 0.6 is 0 Å². The normalized spacial score (nSPS) is 15.0. The van der Waals surface area contributed by atoms with E-state index in [1.54, 1.807) is 4.90 Å². The highest BCUT2D eigenvalue weighted by Crippen LogP contribution is 2.25. The van der Waals surface area contributed by atoms with Gasteiger partial charge in [-0.2, -0.15) is 0 Å². The Morgan fingerprint density at radius 2 is 1.65 bits per heavy atom. The molecule has 0 heterocycles. The zero-order chi connectivity index (χ0) is 23.8. The fourth-order valence-electron chi connectivity index (χ4n) is 4.68. The number of ether oxygens (including phenoxy) is 1. The molecule has 0 spiro atoms.